The number of hydrogen-bond donors (Lipinski definition) is 0. The van der Waals surface area contributed by atoms with Crippen molar-refractivity contribution in [1.29, 1.82) is 0 Å². The first-order valence-corrected chi connectivity index (χ1v) is 16.1. The molecule has 0 heterocycles. The lowest BCUT2D eigenvalue weighted by molar-refractivity contribution is 0.508. The third-order valence-corrected chi connectivity index (χ3v) is 11.6. The number of hydrogen-bond acceptors (Lipinski definition) is 3. The summed E-state index contributed by atoms with van der Waals surface area (Å²) in [6.45, 7) is 2.23. The third kappa shape index (κ3) is 6.72. The van der Waals surface area contributed by atoms with Gasteiger partial charge in [0.2, 0.25) is 0 Å². The van der Waals surface area contributed by atoms with E-state index in [4.69, 9.17) is 3.63 Å². The number of rotatable bonds is 13. The molecule has 0 unspecified atom stereocenters. The highest BCUT2D eigenvalue weighted by molar-refractivity contribution is 8.33. The second-order valence-corrected chi connectivity index (χ2v) is 13.6. The monoisotopic (exact) mass is 532 g/mol. The summed E-state index contributed by atoms with van der Waals surface area (Å²) in [6.07, 6.45) is 8.39. The first kappa shape index (κ1) is 27.2. The van der Waals surface area contributed by atoms with Crippen molar-refractivity contribution in [3.05, 3.63) is 121 Å². The standard InChI is InChI=1S/C32H36O3S2/c1-2-3-4-5-6-10-17-28-24-26-32(27-25-28)37(33,34)35-36(29-18-11-7-12-19-29,30-20-13-8-14-21-30)31-22-15-9-16-23-31/h7-9,11-16,18-27H,2-6,10,17H2,1H3. The lowest BCUT2D eigenvalue weighted by Crippen LogP contribution is -2.14. The van der Waals surface area contributed by atoms with Crippen LogP contribution in [-0.2, 0) is 20.2 Å². The van der Waals surface area contributed by atoms with Gasteiger partial charge in [-0.15, -0.1) is 0 Å². The van der Waals surface area contributed by atoms with E-state index in [1.165, 1.54) is 32.1 Å². The normalized spacial score (nSPS) is 12.4. The Morgan fingerprint density at radius 3 is 1.41 bits per heavy atom. The van der Waals surface area contributed by atoms with Crippen molar-refractivity contribution < 1.29 is 12.0 Å². The van der Waals surface area contributed by atoms with E-state index in [1.807, 2.05) is 103 Å². The molecule has 4 rings (SSSR count). The van der Waals surface area contributed by atoms with Crippen molar-refractivity contribution in [1.82, 2.24) is 0 Å². The number of aryl methyl sites for hydroxylation is 1. The molecule has 0 amide bonds. The van der Waals surface area contributed by atoms with Gasteiger partial charge in [-0.1, -0.05) is 106 Å². The molecule has 0 aliphatic heterocycles. The van der Waals surface area contributed by atoms with Crippen molar-refractivity contribution in [2.45, 2.75) is 71.5 Å². The van der Waals surface area contributed by atoms with E-state index in [-0.39, 0.29) is 4.90 Å². The molecule has 4 aromatic rings. The summed E-state index contributed by atoms with van der Waals surface area (Å²) < 4.78 is 34.1. The van der Waals surface area contributed by atoms with Crippen LogP contribution in [0.3, 0.4) is 0 Å². The summed E-state index contributed by atoms with van der Waals surface area (Å²) >= 11 is 0. The maximum atomic E-state index is 13.8. The molecule has 37 heavy (non-hydrogen) atoms. The van der Waals surface area contributed by atoms with E-state index < -0.39 is 20.4 Å². The second kappa shape index (κ2) is 13.1. The topological polar surface area (TPSA) is 43.4 Å². The molecule has 0 saturated heterocycles. The highest BCUT2D eigenvalue weighted by Gasteiger charge is 2.38. The minimum absolute atomic E-state index is 0.180. The molecule has 194 valence electrons. The fourth-order valence-electron chi connectivity index (χ4n) is 4.47. The Labute approximate surface area is 224 Å². The van der Waals surface area contributed by atoms with Crippen LogP contribution in [0.4, 0.5) is 0 Å². The molecule has 0 saturated carbocycles. The molecular formula is C32H36O3S2. The van der Waals surface area contributed by atoms with Gasteiger partial charge in [-0.2, -0.15) is 8.42 Å². The number of unbranched alkanes of at least 4 members (excludes halogenated alkanes) is 5. The van der Waals surface area contributed by atoms with Crippen molar-refractivity contribution in [3.63, 3.8) is 0 Å². The summed E-state index contributed by atoms with van der Waals surface area (Å²) in [6, 6.07) is 36.3. The molecule has 0 fully saturated rings. The Kier molecular flexibility index (Phi) is 9.62. The van der Waals surface area contributed by atoms with Gasteiger partial charge < -0.3 is 0 Å². The van der Waals surface area contributed by atoms with Gasteiger partial charge in [0.15, 0.2) is 0 Å². The summed E-state index contributed by atoms with van der Waals surface area (Å²) in [5.74, 6) is 0. The fraction of sp³-hybridized carbons (Fsp3) is 0.250. The molecule has 3 nitrogen and oxygen atoms in total. The average Bonchev–Trinajstić information content (AvgIpc) is 2.95. The van der Waals surface area contributed by atoms with Crippen LogP contribution in [0, 0.1) is 0 Å². The van der Waals surface area contributed by atoms with Gasteiger partial charge in [0, 0.05) is 14.7 Å². The first-order chi connectivity index (χ1) is 18.1. The zero-order valence-corrected chi connectivity index (χ0v) is 23.1. The van der Waals surface area contributed by atoms with Crippen LogP contribution >= 0.6 is 10.3 Å². The van der Waals surface area contributed by atoms with E-state index in [2.05, 4.69) is 6.92 Å². The van der Waals surface area contributed by atoms with Crippen LogP contribution in [0.1, 0.15) is 51.0 Å². The second-order valence-electron chi connectivity index (χ2n) is 9.18. The molecule has 0 aromatic heterocycles. The highest BCUT2D eigenvalue weighted by Crippen LogP contribution is 2.70. The fourth-order valence-corrected chi connectivity index (χ4v) is 9.71. The lowest BCUT2D eigenvalue weighted by Gasteiger charge is -2.39. The molecule has 5 heteroatoms. The van der Waals surface area contributed by atoms with Gasteiger partial charge in [0.05, 0.1) is 4.90 Å². The van der Waals surface area contributed by atoms with E-state index in [0.717, 1.165) is 33.1 Å². The van der Waals surface area contributed by atoms with Crippen LogP contribution in [-0.4, -0.2) is 8.42 Å². The molecule has 0 spiro atoms. The van der Waals surface area contributed by atoms with E-state index in [1.54, 1.807) is 12.1 Å². The summed E-state index contributed by atoms with van der Waals surface area (Å²) in [5, 5.41) is 0. The molecular weight excluding hydrogens is 496 g/mol. The summed E-state index contributed by atoms with van der Waals surface area (Å²) in [5.41, 5.74) is 1.15. The molecule has 0 N–H and O–H groups in total. The molecule has 0 atom stereocenters. The minimum Gasteiger partial charge on any atom is -0.203 e. The van der Waals surface area contributed by atoms with E-state index >= 15 is 0 Å². The molecule has 0 aliphatic rings. The van der Waals surface area contributed by atoms with Crippen molar-refractivity contribution in [2.24, 2.45) is 0 Å². The summed E-state index contributed by atoms with van der Waals surface area (Å²) in [4.78, 5) is 2.67. The smallest absolute Gasteiger partial charge is 0.203 e. The van der Waals surface area contributed by atoms with Crippen molar-refractivity contribution in [3.8, 4) is 0 Å². The van der Waals surface area contributed by atoms with Gasteiger partial charge >= 0.3 is 10.1 Å². The van der Waals surface area contributed by atoms with Crippen LogP contribution in [0.15, 0.2) is 135 Å². The van der Waals surface area contributed by atoms with E-state index in [0.29, 0.717) is 0 Å². The molecule has 4 aromatic carbocycles. The van der Waals surface area contributed by atoms with Crippen LogP contribution in [0.5, 0.6) is 0 Å². The first-order valence-electron chi connectivity index (χ1n) is 13.1. The number of benzene rings is 4. The van der Waals surface area contributed by atoms with Gasteiger partial charge in [-0.25, -0.2) is 3.63 Å². The lowest BCUT2D eigenvalue weighted by atomic mass is 10.1. The zero-order valence-electron chi connectivity index (χ0n) is 21.5. The Balaban J connectivity index is 1.66. The maximum absolute atomic E-state index is 13.8. The van der Waals surface area contributed by atoms with E-state index in [9.17, 15) is 8.42 Å². The van der Waals surface area contributed by atoms with Gasteiger partial charge in [0.1, 0.15) is 0 Å². The van der Waals surface area contributed by atoms with Crippen LogP contribution in [0.2, 0.25) is 0 Å². The molecule has 0 radical (unpaired) electrons. The Hall–Kier alpha value is -2.86. The SMILES string of the molecule is CCCCCCCCc1ccc(S(=O)(=O)OS(c2ccccc2)(c2ccccc2)c2ccccc2)cc1. The Bertz CT molecular complexity index is 1220. The Morgan fingerprint density at radius 2 is 0.946 bits per heavy atom. The predicted octanol–water partition coefficient (Wildman–Crippen LogP) is 9.19. The highest BCUT2D eigenvalue weighted by atomic mass is 32.3. The Morgan fingerprint density at radius 1 is 0.514 bits per heavy atom. The predicted molar refractivity (Wildman–Crippen MR) is 154 cm³/mol. The molecule has 0 bridgehead atoms. The quantitative estimate of drug-likeness (QED) is 0.161. The van der Waals surface area contributed by atoms with Crippen molar-refractivity contribution in [2.75, 3.05) is 0 Å². The zero-order chi connectivity index (χ0) is 26.0. The van der Waals surface area contributed by atoms with Gasteiger partial charge in [-0.05, 0) is 77.2 Å². The largest absolute Gasteiger partial charge is 0.307 e. The van der Waals surface area contributed by atoms with Crippen LogP contribution in [0.25, 0.3) is 0 Å². The van der Waals surface area contributed by atoms with Gasteiger partial charge in [0.25, 0.3) is 0 Å². The maximum Gasteiger partial charge on any atom is 0.307 e. The summed E-state index contributed by atoms with van der Waals surface area (Å²) in [7, 11) is -6.64. The minimum atomic E-state index is -4.08. The molecule has 0 aliphatic carbocycles. The van der Waals surface area contributed by atoms with Crippen molar-refractivity contribution >= 4 is 20.4 Å². The average molecular weight is 533 g/mol. The van der Waals surface area contributed by atoms with Gasteiger partial charge in [-0.3, -0.25) is 0 Å². The third-order valence-electron chi connectivity index (χ3n) is 6.45. The van der Waals surface area contributed by atoms with Crippen LogP contribution < -0.4 is 0 Å².